The van der Waals surface area contributed by atoms with Crippen LogP contribution in [0.3, 0.4) is 0 Å². The van der Waals surface area contributed by atoms with E-state index in [9.17, 15) is 8.78 Å². The number of likely N-dealkylation sites (tertiary alicyclic amines) is 1. The van der Waals surface area contributed by atoms with Crippen molar-refractivity contribution < 1.29 is 8.78 Å². The zero-order valence-corrected chi connectivity index (χ0v) is 8.32. The lowest BCUT2D eigenvalue weighted by molar-refractivity contribution is -0.0559. The molecule has 1 saturated heterocycles. The Labute approximate surface area is 78.3 Å². The highest BCUT2D eigenvalue weighted by Crippen LogP contribution is 2.27. The average Bonchev–Trinajstić information content (AvgIpc) is 2.08. The third-order valence-corrected chi connectivity index (χ3v) is 2.61. The molecule has 0 aromatic carbocycles. The smallest absolute Gasteiger partial charge is 0.250 e. The second-order valence-electron chi connectivity index (χ2n) is 3.85. The number of nitrogens with one attached hydrogen (secondary N) is 1. The van der Waals surface area contributed by atoms with Crippen LogP contribution in [0.5, 0.6) is 0 Å². The van der Waals surface area contributed by atoms with Gasteiger partial charge in [-0.1, -0.05) is 0 Å². The van der Waals surface area contributed by atoms with Crippen molar-refractivity contribution in [3.63, 3.8) is 0 Å². The molecule has 0 spiro atoms. The molecule has 1 heterocycles. The summed E-state index contributed by atoms with van der Waals surface area (Å²) in [7, 11) is 1.89. The lowest BCUT2D eigenvalue weighted by Gasteiger charge is -2.33. The van der Waals surface area contributed by atoms with Crippen molar-refractivity contribution in [2.45, 2.75) is 31.7 Å². The largest absolute Gasteiger partial charge is 0.316 e. The summed E-state index contributed by atoms with van der Waals surface area (Å²) in [6.07, 6.45) is 0.0346. The van der Waals surface area contributed by atoms with Gasteiger partial charge in [0, 0.05) is 38.5 Å². The summed E-state index contributed by atoms with van der Waals surface area (Å²) in [5.41, 5.74) is 0. The third kappa shape index (κ3) is 3.56. The van der Waals surface area contributed by atoms with Crippen molar-refractivity contribution in [1.82, 2.24) is 10.2 Å². The van der Waals surface area contributed by atoms with Crippen LogP contribution in [0.1, 0.15) is 19.8 Å². The Kier molecular flexibility index (Phi) is 3.62. The molecular formula is C9H18F2N2. The molecule has 1 aliphatic rings. The molecule has 1 fully saturated rings. The van der Waals surface area contributed by atoms with Crippen LogP contribution >= 0.6 is 0 Å². The molecule has 0 bridgehead atoms. The first kappa shape index (κ1) is 10.9. The molecule has 0 aromatic rings. The second-order valence-corrected chi connectivity index (χ2v) is 3.85. The Morgan fingerprint density at radius 3 is 2.38 bits per heavy atom. The lowest BCUT2D eigenvalue weighted by Crippen LogP contribution is -2.44. The minimum atomic E-state index is -2.42. The van der Waals surface area contributed by atoms with Crippen LogP contribution in [-0.2, 0) is 0 Å². The van der Waals surface area contributed by atoms with E-state index in [1.807, 2.05) is 7.05 Å². The van der Waals surface area contributed by atoms with Crippen LogP contribution in [0.4, 0.5) is 8.78 Å². The fraction of sp³-hybridized carbons (Fsp3) is 1.00. The minimum Gasteiger partial charge on any atom is -0.316 e. The summed E-state index contributed by atoms with van der Waals surface area (Å²) in [6, 6.07) is 0.381. The molecule has 13 heavy (non-hydrogen) atoms. The van der Waals surface area contributed by atoms with Gasteiger partial charge in [-0.25, -0.2) is 8.78 Å². The predicted molar refractivity (Wildman–Crippen MR) is 49.1 cm³/mol. The average molecular weight is 192 g/mol. The summed E-state index contributed by atoms with van der Waals surface area (Å²) in [5, 5.41) is 3.10. The van der Waals surface area contributed by atoms with Crippen LogP contribution in [0.25, 0.3) is 0 Å². The molecule has 0 radical (unpaired) electrons. The van der Waals surface area contributed by atoms with E-state index in [1.54, 1.807) is 0 Å². The van der Waals surface area contributed by atoms with Crippen molar-refractivity contribution in [2.24, 2.45) is 0 Å². The SMILES string of the molecule is CNC(C)CN1CCC(F)(F)CC1. The van der Waals surface area contributed by atoms with Gasteiger partial charge in [-0.2, -0.15) is 0 Å². The highest BCUT2D eigenvalue weighted by molar-refractivity contribution is 4.79. The van der Waals surface area contributed by atoms with Gasteiger partial charge in [0.25, 0.3) is 5.92 Å². The molecule has 1 atom stereocenters. The number of nitrogens with zero attached hydrogens (tertiary/aromatic N) is 1. The van der Waals surface area contributed by atoms with E-state index in [0.29, 0.717) is 19.1 Å². The van der Waals surface area contributed by atoms with Crippen LogP contribution in [-0.4, -0.2) is 43.5 Å². The van der Waals surface area contributed by atoms with Gasteiger partial charge in [0.2, 0.25) is 0 Å². The number of rotatable bonds is 3. The zero-order chi connectivity index (χ0) is 9.90. The predicted octanol–water partition coefficient (Wildman–Crippen LogP) is 1.33. The van der Waals surface area contributed by atoms with Crippen LogP contribution in [0, 0.1) is 0 Å². The first-order valence-corrected chi connectivity index (χ1v) is 4.81. The summed E-state index contributed by atoms with van der Waals surface area (Å²) < 4.78 is 25.5. The number of halogens is 2. The van der Waals surface area contributed by atoms with Crippen molar-refractivity contribution in [2.75, 3.05) is 26.7 Å². The normalized spacial score (nSPS) is 25.8. The molecule has 2 nitrogen and oxygen atoms in total. The van der Waals surface area contributed by atoms with E-state index in [0.717, 1.165) is 6.54 Å². The van der Waals surface area contributed by atoms with Crippen LogP contribution < -0.4 is 5.32 Å². The molecule has 1 aliphatic heterocycles. The third-order valence-electron chi connectivity index (χ3n) is 2.61. The number of hydrogen-bond acceptors (Lipinski definition) is 2. The second kappa shape index (κ2) is 4.33. The highest BCUT2D eigenvalue weighted by Gasteiger charge is 2.33. The van der Waals surface area contributed by atoms with E-state index in [1.165, 1.54) is 0 Å². The van der Waals surface area contributed by atoms with Crippen LogP contribution in [0.2, 0.25) is 0 Å². The monoisotopic (exact) mass is 192 g/mol. The standard InChI is InChI=1S/C9H18F2N2/c1-8(12-2)7-13-5-3-9(10,11)4-6-13/h8,12H,3-7H2,1-2H3. The summed E-state index contributed by atoms with van der Waals surface area (Å²) >= 11 is 0. The first-order chi connectivity index (χ1) is 6.03. The van der Waals surface area contributed by atoms with Gasteiger partial charge in [-0.15, -0.1) is 0 Å². The molecule has 0 amide bonds. The summed E-state index contributed by atoms with van der Waals surface area (Å²) in [5.74, 6) is -2.42. The molecular weight excluding hydrogens is 174 g/mol. The van der Waals surface area contributed by atoms with E-state index in [4.69, 9.17) is 0 Å². The zero-order valence-electron chi connectivity index (χ0n) is 8.32. The van der Waals surface area contributed by atoms with Crippen molar-refractivity contribution >= 4 is 0 Å². The van der Waals surface area contributed by atoms with Gasteiger partial charge in [0.05, 0.1) is 0 Å². The Morgan fingerprint density at radius 2 is 1.92 bits per heavy atom. The Balaban J connectivity index is 2.25. The molecule has 78 valence electrons. The van der Waals surface area contributed by atoms with Crippen molar-refractivity contribution in [3.05, 3.63) is 0 Å². The number of piperidine rings is 1. The number of hydrogen-bond donors (Lipinski definition) is 1. The molecule has 4 heteroatoms. The van der Waals surface area contributed by atoms with E-state index >= 15 is 0 Å². The van der Waals surface area contributed by atoms with Gasteiger partial charge in [0.1, 0.15) is 0 Å². The molecule has 0 aliphatic carbocycles. The lowest BCUT2D eigenvalue weighted by atomic mass is 10.1. The van der Waals surface area contributed by atoms with Gasteiger partial charge in [0.15, 0.2) is 0 Å². The molecule has 1 rings (SSSR count). The maximum absolute atomic E-state index is 12.8. The van der Waals surface area contributed by atoms with Gasteiger partial charge in [-0.05, 0) is 14.0 Å². The fourth-order valence-corrected chi connectivity index (χ4v) is 1.54. The van der Waals surface area contributed by atoms with Gasteiger partial charge >= 0.3 is 0 Å². The maximum atomic E-state index is 12.8. The minimum absolute atomic E-state index is 0.0173. The first-order valence-electron chi connectivity index (χ1n) is 4.81. The van der Waals surface area contributed by atoms with E-state index in [2.05, 4.69) is 17.1 Å². The number of alkyl halides is 2. The number of likely N-dealkylation sites (N-methyl/N-ethyl adjacent to an activating group) is 1. The quantitative estimate of drug-likeness (QED) is 0.725. The van der Waals surface area contributed by atoms with E-state index < -0.39 is 5.92 Å². The summed E-state index contributed by atoms with van der Waals surface area (Å²) in [4.78, 5) is 2.10. The highest BCUT2D eigenvalue weighted by atomic mass is 19.3. The van der Waals surface area contributed by atoms with Gasteiger partial charge in [-0.3, -0.25) is 0 Å². The van der Waals surface area contributed by atoms with Crippen molar-refractivity contribution in [1.29, 1.82) is 0 Å². The Hall–Kier alpha value is -0.220. The Morgan fingerprint density at radius 1 is 1.38 bits per heavy atom. The molecule has 1 N–H and O–H groups in total. The maximum Gasteiger partial charge on any atom is 0.250 e. The Bertz CT molecular complexity index is 152. The molecule has 1 unspecified atom stereocenters. The van der Waals surface area contributed by atoms with E-state index in [-0.39, 0.29) is 12.8 Å². The van der Waals surface area contributed by atoms with Crippen LogP contribution in [0.15, 0.2) is 0 Å². The summed E-state index contributed by atoms with van der Waals surface area (Å²) in [6.45, 7) is 3.98. The molecule has 0 saturated carbocycles. The van der Waals surface area contributed by atoms with Crippen molar-refractivity contribution in [3.8, 4) is 0 Å². The van der Waals surface area contributed by atoms with Gasteiger partial charge < -0.3 is 10.2 Å². The topological polar surface area (TPSA) is 15.3 Å². The molecule has 0 aromatic heterocycles. The fourth-order valence-electron chi connectivity index (χ4n) is 1.54.